The zero-order chi connectivity index (χ0) is 14.5. The van der Waals surface area contributed by atoms with Crippen LogP contribution in [0.25, 0.3) is 11.1 Å². The molecule has 0 atom stereocenters. The molecule has 0 spiro atoms. The van der Waals surface area contributed by atoms with E-state index in [1.165, 1.54) is 12.1 Å². The number of anilines is 2. The summed E-state index contributed by atoms with van der Waals surface area (Å²) in [6, 6.07) is 9.90. The normalized spacial score (nSPS) is 10.4. The summed E-state index contributed by atoms with van der Waals surface area (Å²) in [5, 5.41) is 22.6. The highest BCUT2D eigenvalue weighted by Gasteiger charge is 2.10. The summed E-state index contributed by atoms with van der Waals surface area (Å²) in [6.07, 6.45) is 0. The number of phenolic OH excluding ortho intramolecular Hbond substituents is 2. The predicted octanol–water partition coefficient (Wildman–Crippen LogP) is 2.41. The Balaban J connectivity index is 2.40. The third-order valence-electron chi connectivity index (χ3n) is 2.94. The average Bonchev–Trinajstić information content (AvgIpc) is 2.41. The molecule has 0 saturated carbocycles. The fourth-order valence-electron chi connectivity index (χ4n) is 1.97. The van der Waals surface area contributed by atoms with Crippen molar-refractivity contribution < 1.29 is 14.9 Å². The van der Waals surface area contributed by atoms with Gasteiger partial charge < -0.3 is 26.0 Å². The summed E-state index contributed by atoms with van der Waals surface area (Å²) in [7, 11) is 1.64. The molecular weight excluding hydrogens is 256 g/mol. The molecule has 5 heteroatoms. The molecule has 0 amide bonds. The van der Waals surface area contributed by atoms with Crippen LogP contribution in [0, 0.1) is 0 Å². The van der Waals surface area contributed by atoms with Crippen LogP contribution in [-0.2, 0) is 4.74 Å². The lowest BCUT2D eigenvalue weighted by molar-refractivity contribution is 0.211. The Hall–Kier alpha value is -2.40. The first-order valence-electron chi connectivity index (χ1n) is 6.26. The van der Waals surface area contributed by atoms with Crippen LogP contribution in [0.4, 0.5) is 11.4 Å². The van der Waals surface area contributed by atoms with Crippen molar-refractivity contribution in [3.05, 3.63) is 36.4 Å². The Morgan fingerprint density at radius 1 is 1.10 bits per heavy atom. The van der Waals surface area contributed by atoms with Gasteiger partial charge in [-0.3, -0.25) is 0 Å². The highest BCUT2D eigenvalue weighted by Crippen LogP contribution is 2.37. The quantitative estimate of drug-likeness (QED) is 0.497. The number of hydrogen-bond donors (Lipinski definition) is 4. The molecular formula is C15H18N2O3. The maximum atomic E-state index is 9.98. The molecule has 5 N–H and O–H groups in total. The number of methoxy groups -OCH3 is 1. The first kappa shape index (κ1) is 14.0. The largest absolute Gasteiger partial charge is 0.508 e. The van der Waals surface area contributed by atoms with Crippen molar-refractivity contribution in [3.8, 4) is 22.6 Å². The molecule has 5 nitrogen and oxygen atoms in total. The summed E-state index contributed by atoms with van der Waals surface area (Å²) in [5.41, 5.74) is 8.65. The van der Waals surface area contributed by atoms with E-state index in [-0.39, 0.29) is 11.5 Å². The van der Waals surface area contributed by atoms with Gasteiger partial charge in [-0.15, -0.1) is 0 Å². The van der Waals surface area contributed by atoms with E-state index in [0.29, 0.717) is 24.4 Å². The number of ether oxygens (including phenoxy) is 1. The van der Waals surface area contributed by atoms with Crippen LogP contribution in [0.15, 0.2) is 36.4 Å². The SMILES string of the molecule is COCCNc1ccc(N)cc1-c1ccc(O)cc1O. The predicted molar refractivity (Wildman–Crippen MR) is 80.0 cm³/mol. The molecule has 0 heterocycles. The first-order valence-corrected chi connectivity index (χ1v) is 6.26. The molecule has 0 bridgehead atoms. The minimum absolute atomic E-state index is 0.00499. The number of hydrogen-bond acceptors (Lipinski definition) is 5. The number of rotatable bonds is 5. The van der Waals surface area contributed by atoms with E-state index in [1.807, 2.05) is 6.07 Å². The maximum absolute atomic E-state index is 9.98. The van der Waals surface area contributed by atoms with Gasteiger partial charge in [0.25, 0.3) is 0 Å². The van der Waals surface area contributed by atoms with E-state index >= 15 is 0 Å². The van der Waals surface area contributed by atoms with E-state index in [4.69, 9.17) is 10.5 Å². The van der Waals surface area contributed by atoms with Crippen LogP contribution < -0.4 is 11.1 Å². The van der Waals surface area contributed by atoms with Crippen LogP contribution in [0.5, 0.6) is 11.5 Å². The fraction of sp³-hybridized carbons (Fsp3) is 0.200. The van der Waals surface area contributed by atoms with E-state index in [2.05, 4.69) is 5.32 Å². The lowest BCUT2D eigenvalue weighted by atomic mass is 10.0. The van der Waals surface area contributed by atoms with Crippen molar-refractivity contribution >= 4 is 11.4 Å². The zero-order valence-corrected chi connectivity index (χ0v) is 11.3. The van der Waals surface area contributed by atoms with E-state index in [1.54, 1.807) is 25.3 Å². The van der Waals surface area contributed by atoms with Crippen molar-refractivity contribution in [3.63, 3.8) is 0 Å². The van der Waals surface area contributed by atoms with Gasteiger partial charge in [0.05, 0.1) is 6.61 Å². The van der Waals surface area contributed by atoms with Gasteiger partial charge >= 0.3 is 0 Å². The highest BCUT2D eigenvalue weighted by atomic mass is 16.5. The number of nitrogens with two attached hydrogens (primary N) is 1. The lowest BCUT2D eigenvalue weighted by Crippen LogP contribution is -2.08. The molecule has 2 rings (SSSR count). The average molecular weight is 274 g/mol. The van der Waals surface area contributed by atoms with Gasteiger partial charge in [-0.05, 0) is 30.3 Å². The Morgan fingerprint density at radius 3 is 2.60 bits per heavy atom. The van der Waals surface area contributed by atoms with Crippen molar-refractivity contribution in [1.29, 1.82) is 0 Å². The summed E-state index contributed by atoms with van der Waals surface area (Å²) >= 11 is 0. The van der Waals surface area contributed by atoms with E-state index in [9.17, 15) is 10.2 Å². The van der Waals surface area contributed by atoms with E-state index in [0.717, 1.165) is 11.3 Å². The summed E-state index contributed by atoms with van der Waals surface area (Å²) in [5.74, 6) is 0.0226. The van der Waals surface area contributed by atoms with Crippen molar-refractivity contribution in [2.45, 2.75) is 0 Å². The van der Waals surface area contributed by atoms with Crippen molar-refractivity contribution in [2.24, 2.45) is 0 Å². The van der Waals surface area contributed by atoms with Gasteiger partial charge in [-0.25, -0.2) is 0 Å². The number of aromatic hydroxyl groups is 2. The van der Waals surface area contributed by atoms with Gasteiger partial charge in [0, 0.05) is 42.2 Å². The smallest absolute Gasteiger partial charge is 0.127 e. The molecule has 20 heavy (non-hydrogen) atoms. The number of benzene rings is 2. The third kappa shape index (κ3) is 3.13. The molecule has 0 saturated heterocycles. The Bertz CT molecular complexity index is 600. The van der Waals surface area contributed by atoms with E-state index < -0.39 is 0 Å². The first-order chi connectivity index (χ1) is 9.61. The van der Waals surface area contributed by atoms with Crippen LogP contribution in [0.3, 0.4) is 0 Å². The van der Waals surface area contributed by atoms with Gasteiger partial charge in [0.1, 0.15) is 11.5 Å². The molecule has 0 aliphatic heterocycles. The van der Waals surface area contributed by atoms with Crippen LogP contribution in [0.1, 0.15) is 0 Å². The zero-order valence-electron chi connectivity index (χ0n) is 11.3. The van der Waals surface area contributed by atoms with Crippen LogP contribution in [-0.4, -0.2) is 30.5 Å². The molecule has 0 radical (unpaired) electrons. The maximum Gasteiger partial charge on any atom is 0.127 e. The van der Waals surface area contributed by atoms with Gasteiger partial charge in [0.2, 0.25) is 0 Å². The van der Waals surface area contributed by atoms with Crippen LogP contribution >= 0.6 is 0 Å². The second-order valence-electron chi connectivity index (χ2n) is 4.43. The summed E-state index contributed by atoms with van der Waals surface area (Å²) < 4.78 is 5.00. The van der Waals surface area contributed by atoms with Gasteiger partial charge in [-0.1, -0.05) is 0 Å². The molecule has 0 aliphatic rings. The summed E-state index contributed by atoms with van der Waals surface area (Å²) in [4.78, 5) is 0. The second kappa shape index (κ2) is 6.16. The minimum Gasteiger partial charge on any atom is -0.508 e. The Kier molecular flexibility index (Phi) is 4.32. The van der Waals surface area contributed by atoms with Crippen molar-refractivity contribution in [1.82, 2.24) is 0 Å². The number of nitrogen functional groups attached to an aromatic ring is 1. The lowest BCUT2D eigenvalue weighted by Gasteiger charge is -2.14. The van der Waals surface area contributed by atoms with Gasteiger partial charge in [-0.2, -0.15) is 0 Å². The molecule has 0 aromatic heterocycles. The molecule has 0 unspecified atom stereocenters. The minimum atomic E-state index is 0.00499. The standard InChI is InChI=1S/C15H18N2O3/c1-20-7-6-17-14-5-2-10(16)8-13(14)12-4-3-11(18)9-15(12)19/h2-5,8-9,17-19H,6-7,16H2,1H3. The Morgan fingerprint density at radius 2 is 1.90 bits per heavy atom. The molecule has 2 aromatic carbocycles. The number of phenols is 2. The molecule has 0 aliphatic carbocycles. The molecule has 0 fully saturated rings. The molecule has 106 valence electrons. The van der Waals surface area contributed by atoms with Gasteiger partial charge in [0.15, 0.2) is 0 Å². The molecule has 2 aromatic rings. The third-order valence-corrected chi connectivity index (χ3v) is 2.94. The highest BCUT2D eigenvalue weighted by molar-refractivity contribution is 5.84. The topological polar surface area (TPSA) is 87.7 Å². The second-order valence-corrected chi connectivity index (χ2v) is 4.43. The number of nitrogens with one attached hydrogen (secondary N) is 1. The van der Waals surface area contributed by atoms with Crippen LogP contribution in [0.2, 0.25) is 0 Å². The summed E-state index contributed by atoms with van der Waals surface area (Å²) in [6.45, 7) is 1.22. The Labute approximate surface area is 117 Å². The fourth-order valence-corrected chi connectivity index (χ4v) is 1.97. The monoisotopic (exact) mass is 274 g/mol. The van der Waals surface area contributed by atoms with Crippen molar-refractivity contribution in [2.75, 3.05) is 31.3 Å².